The molecule has 2 rings (SSSR count). The summed E-state index contributed by atoms with van der Waals surface area (Å²) in [6.45, 7) is 5.55. The SMILES string of the molecule is CNC(=O)/C(=C(\C)O)c1c(C)cc(C2CC2)cc1C. The summed E-state index contributed by atoms with van der Waals surface area (Å²) in [5.41, 5.74) is 4.68. The van der Waals surface area contributed by atoms with Gasteiger partial charge in [0.15, 0.2) is 0 Å². The lowest BCUT2D eigenvalue weighted by Crippen LogP contribution is -2.21. The number of rotatable bonds is 3. The van der Waals surface area contributed by atoms with Gasteiger partial charge in [0.05, 0.1) is 5.57 Å². The Morgan fingerprint density at radius 2 is 1.79 bits per heavy atom. The molecule has 1 aromatic rings. The van der Waals surface area contributed by atoms with E-state index in [1.54, 1.807) is 14.0 Å². The van der Waals surface area contributed by atoms with E-state index in [9.17, 15) is 9.90 Å². The van der Waals surface area contributed by atoms with E-state index < -0.39 is 0 Å². The third-order valence-electron chi connectivity index (χ3n) is 3.67. The van der Waals surface area contributed by atoms with E-state index in [0.717, 1.165) is 16.7 Å². The van der Waals surface area contributed by atoms with Crippen molar-refractivity contribution in [3.8, 4) is 0 Å². The standard InChI is InChI=1S/C16H21NO2/c1-9-7-13(12-5-6-12)8-10(2)14(9)15(11(3)18)16(19)17-4/h7-8,12,18H,5-6H2,1-4H3,(H,17,19)/b15-11+. The molecule has 1 aliphatic carbocycles. The minimum atomic E-state index is -0.245. The summed E-state index contributed by atoms with van der Waals surface area (Å²) in [6, 6.07) is 4.29. The molecule has 1 aromatic carbocycles. The van der Waals surface area contributed by atoms with Crippen molar-refractivity contribution in [2.45, 2.75) is 39.5 Å². The number of carbonyl (C=O) groups is 1. The number of aliphatic hydroxyl groups excluding tert-OH is 1. The molecule has 1 saturated carbocycles. The molecule has 0 saturated heterocycles. The third kappa shape index (κ3) is 2.65. The number of hydrogen-bond donors (Lipinski definition) is 2. The van der Waals surface area contributed by atoms with Gasteiger partial charge in [-0.25, -0.2) is 0 Å². The summed E-state index contributed by atoms with van der Waals surface area (Å²) >= 11 is 0. The van der Waals surface area contributed by atoms with Crippen LogP contribution in [0.3, 0.4) is 0 Å². The molecule has 0 aliphatic heterocycles. The van der Waals surface area contributed by atoms with Crippen LogP contribution in [-0.2, 0) is 4.79 Å². The average Bonchev–Trinajstić information content (AvgIpc) is 3.16. The fourth-order valence-corrected chi connectivity index (χ4v) is 2.63. The highest BCUT2D eigenvalue weighted by molar-refractivity contribution is 6.20. The molecule has 0 bridgehead atoms. The highest BCUT2D eigenvalue weighted by Gasteiger charge is 2.26. The Balaban J connectivity index is 2.55. The van der Waals surface area contributed by atoms with Crippen LogP contribution in [0.2, 0.25) is 0 Å². The van der Waals surface area contributed by atoms with Gasteiger partial charge in [-0.1, -0.05) is 12.1 Å². The van der Waals surface area contributed by atoms with Crippen LogP contribution < -0.4 is 5.32 Å². The molecule has 0 unspecified atom stereocenters. The van der Waals surface area contributed by atoms with E-state index in [2.05, 4.69) is 17.4 Å². The Kier molecular flexibility index (Phi) is 3.65. The van der Waals surface area contributed by atoms with Gasteiger partial charge in [-0.2, -0.15) is 0 Å². The first kappa shape index (κ1) is 13.7. The van der Waals surface area contributed by atoms with Crippen LogP contribution in [0.5, 0.6) is 0 Å². The van der Waals surface area contributed by atoms with Crippen molar-refractivity contribution in [2.75, 3.05) is 7.05 Å². The maximum Gasteiger partial charge on any atom is 0.255 e. The molecular weight excluding hydrogens is 238 g/mol. The lowest BCUT2D eigenvalue weighted by molar-refractivity contribution is -0.115. The van der Waals surface area contributed by atoms with Gasteiger partial charge in [0.1, 0.15) is 5.76 Å². The number of nitrogens with one attached hydrogen (secondary N) is 1. The second kappa shape index (κ2) is 5.08. The molecule has 3 heteroatoms. The lowest BCUT2D eigenvalue weighted by atomic mass is 9.91. The zero-order valence-corrected chi connectivity index (χ0v) is 12.0. The Bertz CT molecular complexity index is 527. The van der Waals surface area contributed by atoms with Crippen LogP contribution in [0.4, 0.5) is 0 Å². The van der Waals surface area contributed by atoms with Gasteiger partial charge in [-0.15, -0.1) is 0 Å². The minimum Gasteiger partial charge on any atom is -0.512 e. The fourth-order valence-electron chi connectivity index (χ4n) is 2.63. The summed E-state index contributed by atoms with van der Waals surface area (Å²) in [7, 11) is 1.58. The maximum atomic E-state index is 12.0. The van der Waals surface area contributed by atoms with E-state index in [1.165, 1.54) is 18.4 Å². The fraction of sp³-hybridized carbons (Fsp3) is 0.438. The first-order valence-electron chi connectivity index (χ1n) is 6.69. The van der Waals surface area contributed by atoms with Gasteiger partial charge < -0.3 is 10.4 Å². The van der Waals surface area contributed by atoms with Gasteiger partial charge in [0, 0.05) is 7.05 Å². The molecule has 3 nitrogen and oxygen atoms in total. The van der Waals surface area contributed by atoms with Gasteiger partial charge >= 0.3 is 0 Å². The van der Waals surface area contributed by atoms with Crippen molar-refractivity contribution in [3.63, 3.8) is 0 Å². The Morgan fingerprint density at radius 3 is 2.16 bits per heavy atom. The number of aryl methyl sites for hydroxylation is 2. The highest BCUT2D eigenvalue weighted by atomic mass is 16.3. The molecule has 0 spiro atoms. The van der Waals surface area contributed by atoms with Crippen molar-refractivity contribution in [1.29, 1.82) is 0 Å². The van der Waals surface area contributed by atoms with Crippen molar-refractivity contribution in [3.05, 3.63) is 40.1 Å². The average molecular weight is 259 g/mol. The van der Waals surface area contributed by atoms with Crippen molar-refractivity contribution < 1.29 is 9.90 Å². The summed E-state index contributed by atoms with van der Waals surface area (Å²) in [5.74, 6) is 0.504. The number of benzene rings is 1. The minimum absolute atomic E-state index is 0.0599. The van der Waals surface area contributed by atoms with Crippen molar-refractivity contribution in [1.82, 2.24) is 5.32 Å². The summed E-state index contributed by atoms with van der Waals surface area (Å²) in [6.07, 6.45) is 2.52. The van der Waals surface area contributed by atoms with Gasteiger partial charge in [0.2, 0.25) is 0 Å². The van der Waals surface area contributed by atoms with Crippen LogP contribution in [0.1, 0.15) is 47.9 Å². The Labute approximate surface area is 114 Å². The van der Waals surface area contributed by atoms with E-state index in [4.69, 9.17) is 0 Å². The first-order valence-corrected chi connectivity index (χ1v) is 6.69. The quantitative estimate of drug-likeness (QED) is 0.647. The predicted molar refractivity (Wildman–Crippen MR) is 77.2 cm³/mol. The number of aliphatic hydroxyl groups is 1. The Morgan fingerprint density at radius 1 is 1.26 bits per heavy atom. The smallest absolute Gasteiger partial charge is 0.255 e. The molecule has 0 aromatic heterocycles. The molecular formula is C16H21NO2. The van der Waals surface area contributed by atoms with Gasteiger partial charge in [-0.05, 0) is 61.8 Å². The van der Waals surface area contributed by atoms with Crippen LogP contribution in [0.15, 0.2) is 17.9 Å². The maximum absolute atomic E-state index is 12.0. The predicted octanol–water partition coefficient (Wildman–Crippen LogP) is 3.22. The molecule has 102 valence electrons. The zero-order valence-electron chi connectivity index (χ0n) is 12.0. The summed E-state index contributed by atoms with van der Waals surface area (Å²) in [4.78, 5) is 12.0. The van der Waals surface area contributed by atoms with E-state index in [1.807, 2.05) is 13.8 Å². The molecule has 2 N–H and O–H groups in total. The van der Waals surface area contributed by atoms with E-state index in [-0.39, 0.29) is 11.7 Å². The number of likely N-dealkylation sites (N-methyl/N-ethyl adjacent to an activating group) is 1. The largest absolute Gasteiger partial charge is 0.512 e. The number of carbonyl (C=O) groups excluding carboxylic acids is 1. The number of allylic oxidation sites excluding steroid dienone is 1. The third-order valence-corrected chi connectivity index (χ3v) is 3.67. The molecule has 0 heterocycles. The highest BCUT2D eigenvalue weighted by Crippen LogP contribution is 2.42. The normalized spacial score (nSPS) is 16.0. The molecule has 19 heavy (non-hydrogen) atoms. The number of hydrogen-bond acceptors (Lipinski definition) is 2. The second-order valence-electron chi connectivity index (χ2n) is 5.34. The van der Waals surface area contributed by atoms with Crippen LogP contribution >= 0.6 is 0 Å². The molecule has 0 atom stereocenters. The van der Waals surface area contributed by atoms with Crippen molar-refractivity contribution in [2.24, 2.45) is 0 Å². The van der Waals surface area contributed by atoms with E-state index >= 15 is 0 Å². The van der Waals surface area contributed by atoms with Crippen molar-refractivity contribution >= 4 is 11.5 Å². The number of amides is 1. The van der Waals surface area contributed by atoms with Gasteiger partial charge in [-0.3, -0.25) is 4.79 Å². The van der Waals surface area contributed by atoms with Crippen LogP contribution in [0, 0.1) is 13.8 Å². The molecule has 1 aliphatic rings. The molecule has 1 fully saturated rings. The second-order valence-corrected chi connectivity index (χ2v) is 5.34. The summed E-state index contributed by atoms with van der Waals surface area (Å²) < 4.78 is 0. The Hall–Kier alpha value is -1.77. The summed E-state index contributed by atoms with van der Waals surface area (Å²) in [5, 5.41) is 12.4. The first-order chi connectivity index (χ1) is 8.95. The van der Waals surface area contributed by atoms with E-state index in [0.29, 0.717) is 11.5 Å². The van der Waals surface area contributed by atoms with Gasteiger partial charge in [0.25, 0.3) is 5.91 Å². The molecule has 1 amide bonds. The van der Waals surface area contributed by atoms with Crippen LogP contribution in [-0.4, -0.2) is 18.1 Å². The zero-order chi connectivity index (χ0) is 14.2. The van der Waals surface area contributed by atoms with Crippen LogP contribution in [0.25, 0.3) is 5.57 Å². The lowest BCUT2D eigenvalue weighted by Gasteiger charge is -2.15. The monoisotopic (exact) mass is 259 g/mol. The topological polar surface area (TPSA) is 49.3 Å². The molecule has 0 radical (unpaired) electrons.